The van der Waals surface area contributed by atoms with Gasteiger partial charge in [0.05, 0.1) is 0 Å². The lowest BCUT2D eigenvalue weighted by molar-refractivity contribution is 0.0724. The van der Waals surface area contributed by atoms with Gasteiger partial charge >= 0.3 is 0 Å². The summed E-state index contributed by atoms with van der Waals surface area (Å²) in [6.45, 7) is 1.60. The van der Waals surface area contributed by atoms with Crippen LogP contribution in [0.25, 0.3) is 11.4 Å². The molecular formula is C23H24N4O. The SMILES string of the molecule is CN(c1ccccc1)c1nc(-c2ccccc2)ncc1C(=O)N1CCCCC1. The molecule has 0 saturated carbocycles. The van der Waals surface area contributed by atoms with Crippen molar-refractivity contribution in [2.75, 3.05) is 25.0 Å². The fourth-order valence-electron chi connectivity index (χ4n) is 3.55. The van der Waals surface area contributed by atoms with Crippen molar-refractivity contribution in [3.63, 3.8) is 0 Å². The summed E-state index contributed by atoms with van der Waals surface area (Å²) < 4.78 is 0. The third-order valence-corrected chi connectivity index (χ3v) is 5.14. The number of carbonyl (C=O) groups is 1. The summed E-state index contributed by atoms with van der Waals surface area (Å²) in [5, 5.41) is 0. The fraction of sp³-hybridized carbons (Fsp3) is 0.261. The minimum Gasteiger partial charge on any atom is -0.338 e. The molecular weight excluding hydrogens is 348 g/mol. The van der Waals surface area contributed by atoms with Gasteiger partial charge in [0.1, 0.15) is 11.4 Å². The number of para-hydroxylation sites is 1. The van der Waals surface area contributed by atoms with Crippen molar-refractivity contribution < 1.29 is 4.79 Å². The lowest BCUT2D eigenvalue weighted by atomic mass is 10.1. The Kier molecular flexibility index (Phi) is 5.33. The predicted molar refractivity (Wildman–Crippen MR) is 112 cm³/mol. The zero-order chi connectivity index (χ0) is 19.3. The molecule has 0 radical (unpaired) electrons. The molecule has 3 aromatic rings. The number of rotatable bonds is 4. The van der Waals surface area contributed by atoms with Gasteiger partial charge in [0.15, 0.2) is 5.82 Å². The summed E-state index contributed by atoms with van der Waals surface area (Å²) in [6, 6.07) is 19.8. The second kappa shape index (κ2) is 8.21. The maximum Gasteiger partial charge on any atom is 0.259 e. The first-order chi connectivity index (χ1) is 13.7. The minimum atomic E-state index is 0.0112. The lowest BCUT2D eigenvalue weighted by Crippen LogP contribution is -2.36. The van der Waals surface area contributed by atoms with Gasteiger partial charge in [-0.25, -0.2) is 9.97 Å². The van der Waals surface area contributed by atoms with Gasteiger partial charge in [0, 0.05) is 37.6 Å². The summed E-state index contributed by atoms with van der Waals surface area (Å²) in [6.07, 6.45) is 4.97. The predicted octanol–water partition coefficient (Wildman–Crippen LogP) is 4.54. The number of nitrogens with zero attached hydrogens (tertiary/aromatic N) is 4. The van der Waals surface area contributed by atoms with Crippen LogP contribution in [0, 0.1) is 0 Å². The molecule has 0 bridgehead atoms. The van der Waals surface area contributed by atoms with Crippen molar-refractivity contribution in [2.45, 2.75) is 19.3 Å². The summed E-state index contributed by atoms with van der Waals surface area (Å²) in [4.78, 5) is 26.4. The molecule has 142 valence electrons. The van der Waals surface area contributed by atoms with E-state index in [9.17, 15) is 4.79 Å². The van der Waals surface area contributed by atoms with Crippen LogP contribution in [0.3, 0.4) is 0 Å². The van der Waals surface area contributed by atoms with Gasteiger partial charge in [0.2, 0.25) is 0 Å². The van der Waals surface area contributed by atoms with E-state index in [0.717, 1.165) is 37.2 Å². The molecule has 0 N–H and O–H groups in total. The molecule has 28 heavy (non-hydrogen) atoms. The van der Waals surface area contributed by atoms with Crippen molar-refractivity contribution in [2.24, 2.45) is 0 Å². The summed E-state index contributed by atoms with van der Waals surface area (Å²) in [5.74, 6) is 1.27. The first-order valence-corrected chi connectivity index (χ1v) is 9.74. The van der Waals surface area contributed by atoms with E-state index in [1.807, 2.05) is 77.5 Å². The van der Waals surface area contributed by atoms with Gasteiger partial charge in [0.25, 0.3) is 5.91 Å². The molecule has 1 saturated heterocycles. The highest BCUT2D eigenvalue weighted by Gasteiger charge is 2.24. The van der Waals surface area contributed by atoms with Gasteiger partial charge in [-0.15, -0.1) is 0 Å². The van der Waals surface area contributed by atoms with E-state index in [2.05, 4.69) is 4.98 Å². The Morgan fingerprint density at radius 3 is 2.25 bits per heavy atom. The minimum absolute atomic E-state index is 0.0112. The number of hydrogen-bond donors (Lipinski definition) is 0. The summed E-state index contributed by atoms with van der Waals surface area (Å²) in [5.41, 5.74) is 2.46. The number of benzene rings is 2. The number of aromatic nitrogens is 2. The van der Waals surface area contributed by atoms with E-state index in [-0.39, 0.29) is 5.91 Å². The van der Waals surface area contributed by atoms with Crippen molar-refractivity contribution >= 4 is 17.4 Å². The third-order valence-electron chi connectivity index (χ3n) is 5.14. The largest absolute Gasteiger partial charge is 0.338 e. The van der Waals surface area contributed by atoms with Crippen molar-refractivity contribution in [1.29, 1.82) is 0 Å². The number of likely N-dealkylation sites (tertiary alicyclic amines) is 1. The van der Waals surface area contributed by atoms with Crippen LogP contribution in [-0.4, -0.2) is 40.9 Å². The van der Waals surface area contributed by atoms with Gasteiger partial charge < -0.3 is 9.80 Å². The average molecular weight is 372 g/mol. The second-order valence-corrected chi connectivity index (χ2v) is 7.04. The van der Waals surface area contributed by atoms with Gasteiger partial charge in [-0.1, -0.05) is 48.5 Å². The zero-order valence-corrected chi connectivity index (χ0v) is 16.1. The second-order valence-electron chi connectivity index (χ2n) is 7.04. The van der Waals surface area contributed by atoms with E-state index >= 15 is 0 Å². The first-order valence-electron chi connectivity index (χ1n) is 9.74. The highest BCUT2D eigenvalue weighted by Crippen LogP contribution is 2.28. The number of piperidine rings is 1. The molecule has 1 aromatic heterocycles. The summed E-state index contributed by atoms with van der Waals surface area (Å²) >= 11 is 0. The van der Waals surface area contributed by atoms with Gasteiger partial charge in [-0.3, -0.25) is 4.79 Å². The van der Waals surface area contributed by atoms with E-state index < -0.39 is 0 Å². The summed E-state index contributed by atoms with van der Waals surface area (Å²) in [7, 11) is 1.94. The number of carbonyl (C=O) groups excluding carboxylic acids is 1. The molecule has 4 rings (SSSR count). The van der Waals surface area contributed by atoms with E-state index in [1.54, 1.807) is 6.20 Å². The number of amides is 1. The van der Waals surface area contributed by atoms with Crippen LogP contribution in [0.2, 0.25) is 0 Å². The molecule has 1 aliphatic heterocycles. The molecule has 2 aromatic carbocycles. The molecule has 0 unspecified atom stereocenters. The van der Waals surface area contributed by atoms with Crippen LogP contribution >= 0.6 is 0 Å². The van der Waals surface area contributed by atoms with Crippen LogP contribution in [0.5, 0.6) is 0 Å². The quantitative estimate of drug-likeness (QED) is 0.675. The topological polar surface area (TPSA) is 49.3 Å². The highest BCUT2D eigenvalue weighted by atomic mass is 16.2. The van der Waals surface area contributed by atoms with Crippen LogP contribution < -0.4 is 4.90 Å². The molecule has 5 nitrogen and oxygen atoms in total. The Morgan fingerprint density at radius 1 is 0.929 bits per heavy atom. The normalized spacial score (nSPS) is 14.0. The van der Waals surface area contributed by atoms with Gasteiger partial charge in [-0.05, 0) is 31.4 Å². The fourth-order valence-corrected chi connectivity index (χ4v) is 3.55. The Morgan fingerprint density at radius 2 is 1.57 bits per heavy atom. The smallest absolute Gasteiger partial charge is 0.259 e. The average Bonchev–Trinajstić information content (AvgIpc) is 2.79. The maximum atomic E-state index is 13.2. The number of anilines is 2. The van der Waals surface area contributed by atoms with Crippen LogP contribution in [-0.2, 0) is 0 Å². The van der Waals surface area contributed by atoms with Crippen LogP contribution in [0.1, 0.15) is 29.6 Å². The molecule has 5 heteroatoms. The van der Waals surface area contributed by atoms with Crippen molar-refractivity contribution in [3.05, 3.63) is 72.4 Å². The molecule has 0 atom stereocenters. The molecule has 0 spiro atoms. The Hall–Kier alpha value is -3.21. The van der Waals surface area contributed by atoms with E-state index in [0.29, 0.717) is 17.2 Å². The third kappa shape index (κ3) is 3.74. The molecule has 0 aliphatic carbocycles. The maximum absolute atomic E-state index is 13.2. The standard InChI is InChI=1S/C23H24N4O/c1-26(19-13-7-3-8-14-19)22-20(23(28)27-15-9-4-10-16-27)17-24-21(25-22)18-11-5-2-6-12-18/h2-3,5-8,11-14,17H,4,9-10,15-16H2,1H3. The number of hydrogen-bond acceptors (Lipinski definition) is 4. The van der Waals surface area contributed by atoms with Crippen LogP contribution in [0.4, 0.5) is 11.5 Å². The van der Waals surface area contributed by atoms with Crippen molar-refractivity contribution in [3.8, 4) is 11.4 Å². The van der Waals surface area contributed by atoms with Crippen molar-refractivity contribution in [1.82, 2.24) is 14.9 Å². The first kappa shape index (κ1) is 18.2. The Balaban J connectivity index is 1.77. The van der Waals surface area contributed by atoms with Crippen LogP contribution in [0.15, 0.2) is 66.9 Å². The Labute approximate surface area is 165 Å². The molecule has 2 heterocycles. The monoisotopic (exact) mass is 372 g/mol. The highest BCUT2D eigenvalue weighted by molar-refractivity contribution is 5.99. The van der Waals surface area contributed by atoms with Gasteiger partial charge in [-0.2, -0.15) is 0 Å². The molecule has 1 aliphatic rings. The van der Waals surface area contributed by atoms with E-state index in [4.69, 9.17) is 4.98 Å². The zero-order valence-electron chi connectivity index (χ0n) is 16.1. The lowest BCUT2D eigenvalue weighted by Gasteiger charge is -2.28. The molecule has 1 fully saturated rings. The van der Waals surface area contributed by atoms with E-state index in [1.165, 1.54) is 6.42 Å². The Bertz CT molecular complexity index is 937. The molecule has 1 amide bonds.